The van der Waals surface area contributed by atoms with Crippen LogP contribution in [0.5, 0.6) is 0 Å². The molecule has 4 heteroatoms. The van der Waals surface area contributed by atoms with E-state index < -0.39 is 0 Å². The van der Waals surface area contributed by atoms with Crippen molar-refractivity contribution in [2.45, 2.75) is 90.3 Å². The van der Waals surface area contributed by atoms with Crippen molar-refractivity contribution >= 4 is 11.9 Å². The van der Waals surface area contributed by atoms with E-state index in [-0.39, 0.29) is 23.6 Å². The Labute approximate surface area is 146 Å². The fourth-order valence-electron chi connectivity index (χ4n) is 4.42. The summed E-state index contributed by atoms with van der Waals surface area (Å²) in [6, 6.07) is 0. The minimum atomic E-state index is -0.211. The normalized spacial score (nSPS) is 29.5. The Balaban J connectivity index is 0.000000177. The van der Waals surface area contributed by atoms with Crippen LogP contribution in [-0.2, 0) is 19.1 Å². The SMILES string of the molecule is C=C(C)C(=O)OC1CC2CCC1C2.CCC1(OC(C)=O)CCCC1. The second-order valence-corrected chi connectivity index (χ2v) is 7.74. The number of fused-ring (bicyclic) bond motifs is 2. The Bertz CT molecular complexity index is 476. The molecule has 0 aromatic carbocycles. The largest absolute Gasteiger partial charge is 0.459 e. The molecular formula is C20H32O4. The Kier molecular flexibility index (Phi) is 6.47. The number of ether oxygens (including phenoxy) is 2. The van der Waals surface area contributed by atoms with Gasteiger partial charge in [-0.15, -0.1) is 0 Å². The van der Waals surface area contributed by atoms with Crippen LogP contribution in [0.4, 0.5) is 0 Å². The minimum absolute atomic E-state index is 0.0914. The summed E-state index contributed by atoms with van der Waals surface area (Å²) < 4.78 is 10.7. The van der Waals surface area contributed by atoms with Gasteiger partial charge in [0, 0.05) is 12.5 Å². The first-order valence-electron chi connectivity index (χ1n) is 9.41. The van der Waals surface area contributed by atoms with Crippen LogP contribution in [0.15, 0.2) is 12.2 Å². The summed E-state index contributed by atoms with van der Waals surface area (Å²) in [4.78, 5) is 22.0. The Hall–Kier alpha value is -1.32. The molecule has 24 heavy (non-hydrogen) atoms. The molecule has 0 N–H and O–H groups in total. The lowest BCUT2D eigenvalue weighted by Crippen LogP contribution is -2.29. The topological polar surface area (TPSA) is 52.6 Å². The van der Waals surface area contributed by atoms with Crippen molar-refractivity contribution in [1.82, 2.24) is 0 Å². The summed E-state index contributed by atoms with van der Waals surface area (Å²) in [5.74, 6) is 1.13. The molecule has 3 aliphatic rings. The molecule has 3 atom stereocenters. The van der Waals surface area contributed by atoms with E-state index in [0.717, 1.165) is 31.6 Å². The lowest BCUT2D eigenvalue weighted by atomic mass is 9.98. The van der Waals surface area contributed by atoms with E-state index in [1.807, 2.05) is 0 Å². The van der Waals surface area contributed by atoms with E-state index in [1.165, 1.54) is 39.0 Å². The highest BCUT2D eigenvalue weighted by Crippen LogP contribution is 2.46. The van der Waals surface area contributed by atoms with Crippen LogP contribution in [0.3, 0.4) is 0 Å². The van der Waals surface area contributed by atoms with Crippen LogP contribution in [0.2, 0.25) is 0 Å². The van der Waals surface area contributed by atoms with Gasteiger partial charge < -0.3 is 9.47 Å². The van der Waals surface area contributed by atoms with E-state index in [2.05, 4.69) is 13.5 Å². The smallest absolute Gasteiger partial charge is 0.333 e. The molecule has 3 saturated carbocycles. The molecular weight excluding hydrogens is 304 g/mol. The monoisotopic (exact) mass is 336 g/mol. The highest BCUT2D eigenvalue weighted by Gasteiger charge is 2.41. The van der Waals surface area contributed by atoms with E-state index in [1.54, 1.807) is 6.92 Å². The number of hydrogen-bond acceptors (Lipinski definition) is 4. The number of carbonyl (C=O) groups is 2. The van der Waals surface area contributed by atoms with Crippen molar-refractivity contribution in [3.05, 3.63) is 12.2 Å². The van der Waals surface area contributed by atoms with E-state index in [9.17, 15) is 9.59 Å². The Morgan fingerprint density at radius 2 is 1.79 bits per heavy atom. The van der Waals surface area contributed by atoms with Crippen LogP contribution in [-0.4, -0.2) is 23.6 Å². The third kappa shape index (κ3) is 4.84. The first-order chi connectivity index (χ1) is 11.3. The molecule has 3 rings (SSSR count). The van der Waals surface area contributed by atoms with Crippen molar-refractivity contribution in [1.29, 1.82) is 0 Å². The summed E-state index contributed by atoms with van der Waals surface area (Å²) in [6.45, 7) is 8.88. The van der Waals surface area contributed by atoms with Crippen LogP contribution in [0.1, 0.15) is 78.6 Å². The summed E-state index contributed by atoms with van der Waals surface area (Å²) in [7, 11) is 0. The first kappa shape index (κ1) is 19.0. The molecule has 0 radical (unpaired) electrons. The number of esters is 2. The molecule has 0 spiro atoms. The zero-order valence-corrected chi connectivity index (χ0v) is 15.4. The standard InChI is InChI=1S/C11H16O2.C9H16O2/c1-7(2)11(12)13-10-6-8-3-4-9(10)5-8;1-3-9(11-8(2)10)6-4-5-7-9/h8-10H,1,3-6H2,2H3;3-7H2,1-2H3. The quantitative estimate of drug-likeness (QED) is 0.557. The molecule has 2 bridgehead atoms. The van der Waals surface area contributed by atoms with Crippen molar-refractivity contribution in [3.8, 4) is 0 Å². The average Bonchev–Trinajstić information content (AvgIpc) is 3.24. The number of hydrogen-bond donors (Lipinski definition) is 0. The van der Waals surface area contributed by atoms with Gasteiger partial charge in [-0.05, 0) is 76.5 Å². The molecule has 3 unspecified atom stereocenters. The van der Waals surface area contributed by atoms with Crippen molar-refractivity contribution < 1.29 is 19.1 Å². The maximum absolute atomic E-state index is 11.3. The summed E-state index contributed by atoms with van der Waals surface area (Å²) >= 11 is 0. The zero-order chi connectivity index (χ0) is 17.7. The highest BCUT2D eigenvalue weighted by atomic mass is 16.6. The second-order valence-electron chi connectivity index (χ2n) is 7.74. The Morgan fingerprint density at radius 3 is 2.21 bits per heavy atom. The zero-order valence-electron chi connectivity index (χ0n) is 15.4. The van der Waals surface area contributed by atoms with Crippen LogP contribution in [0.25, 0.3) is 0 Å². The maximum atomic E-state index is 11.3. The third-order valence-electron chi connectivity index (χ3n) is 5.80. The Morgan fingerprint density at radius 1 is 1.12 bits per heavy atom. The second kappa shape index (κ2) is 8.17. The molecule has 0 saturated heterocycles. The minimum Gasteiger partial charge on any atom is -0.459 e. The van der Waals surface area contributed by atoms with E-state index >= 15 is 0 Å². The predicted molar refractivity (Wildman–Crippen MR) is 93.4 cm³/mol. The van der Waals surface area contributed by atoms with Gasteiger partial charge in [-0.25, -0.2) is 4.79 Å². The van der Waals surface area contributed by atoms with Crippen molar-refractivity contribution in [3.63, 3.8) is 0 Å². The van der Waals surface area contributed by atoms with Gasteiger partial charge in [-0.1, -0.05) is 13.5 Å². The van der Waals surface area contributed by atoms with Gasteiger partial charge in [0.25, 0.3) is 0 Å². The summed E-state index contributed by atoms with van der Waals surface area (Å²) in [5.41, 5.74) is 0.425. The fraction of sp³-hybridized carbons (Fsp3) is 0.800. The van der Waals surface area contributed by atoms with Gasteiger partial charge >= 0.3 is 11.9 Å². The lowest BCUT2D eigenvalue weighted by molar-refractivity contribution is -0.156. The van der Waals surface area contributed by atoms with E-state index in [4.69, 9.17) is 9.47 Å². The molecule has 0 heterocycles. The first-order valence-corrected chi connectivity index (χ1v) is 9.41. The molecule has 3 aliphatic carbocycles. The highest BCUT2D eigenvalue weighted by molar-refractivity contribution is 5.87. The van der Waals surface area contributed by atoms with Crippen LogP contribution in [0, 0.1) is 11.8 Å². The third-order valence-corrected chi connectivity index (χ3v) is 5.80. The summed E-state index contributed by atoms with van der Waals surface area (Å²) in [6.07, 6.45) is 10.6. The lowest BCUT2D eigenvalue weighted by Gasteiger charge is -2.26. The average molecular weight is 336 g/mol. The van der Waals surface area contributed by atoms with Crippen LogP contribution >= 0.6 is 0 Å². The van der Waals surface area contributed by atoms with Crippen molar-refractivity contribution in [2.75, 3.05) is 0 Å². The molecule has 0 amide bonds. The van der Waals surface area contributed by atoms with Gasteiger partial charge in [-0.2, -0.15) is 0 Å². The maximum Gasteiger partial charge on any atom is 0.333 e. The molecule has 4 nitrogen and oxygen atoms in total. The molecule has 0 aromatic rings. The number of rotatable bonds is 4. The van der Waals surface area contributed by atoms with Crippen molar-refractivity contribution in [2.24, 2.45) is 11.8 Å². The van der Waals surface area contributed by atoms with Gasteiger partial charge in [0.15, 0.2) is 0 Å². The fourth-order valence-corrected chi connectivity index (χ4v) is 4.42. The van der Waals surface area contributed by atoms with E-state index in [0.29, 0.717) is 11.5 Å². The van der Waals surface area contributed by atoms with Gasteiger partial charge in [0.2, 0.25) is 0 Å². The van der Waals surface area contributed by atoms with Gasteiger partial charge in [0.05, 0.1) is 0 Å². The number of carbonyl (C=O) groups excluding carboxylic acids is 2. The van der Waals surface area contributed by atoms with Gasteiger partial charge in [0.1, 0.15) is 11.7 Å². The van der Waals surface area contributed by atoms with Gasteiger partial charge in [-0.3, -0.25) is 4.79 Å². The molecule has 0 aromatic heterocycles. The molecule has 3 fully saturated rings. The van der Waals surface area contributed by atoms with Crippen LogP contribution < -0.4 is 0 Å². The summed E-state index contributed by atoms with van der Waals surface area (Å²) in [5, 5.41) is 0. The molecule has 136 valence electrons. The predicted octanol–water partition coefficient (Wildman–Crippen LogP) is 4.57. The molecule has 0 aliphatic heterocycles.